The summed E-state index contributed by atoms with van der Waals surface area (Å²) in [5.74, 6) is 0.572. The minimum Gasteiger partial charge on any atom is -0.465 e. The van der Waals surface area contributed by atoms with E-state index in [0.29, 0.717) is 31.3 Å². The third-order valence-electron chi connectivity index (χ3n) is 2.15. The van der Waals surface area contributed by atoms with Gasteiger partial charge in [-0.1, -0.05) is 13.3 Å². The van der Waals surface area contributed by atoms with Crippen molar-refractivity contribution in [2.24, 2.45) is 5.73 Å². The summed E-state index contributed by atoms with van der Waals surface area (Å²) in [6.45, 7) is 5.19. The number of thioether (sulfide) groups is 1. The number of aliphatic hydroxyl groups is 1. The number of unbranched alkanes of at least 4 members (excludes halogenated alkanes) is 1. The first kappa shape index (κ1) is 17.7. The predicted molar refractivity (Wildman–Crippen MR) is 73.7 cm³/mol. The van der Waals surface area contributed by atoms with Crippen LogP contribution in [0.2, 0.25) is 0 Å². The molecule has 0 aromatic carbocycles. The van der Waals surface area contributed by atoms with Crippen LogP contribution in [0.5, 0.6) is 0 Å². The molecule has 0 spiro atoms. The lowest BCUT2D eigenvalue weighted by Crippen LogP contribution is -2.35. The summed E-state index contributed by atoms with van der Waals surface area (Å²) >= 11 is 1.43. The second kappa shape index (κ2) is 11.8. The fraction of sp³-hybridized carbons (Fsp3) is 0.917. The molecule has 3 N–H and O–H groups in total. The number of rotatable bonds is 11. The average Bonchev–Trinajstić information content (AvgIpc) is 2.35. The van der Waals surface area contributed by atoms with E-state index >= 15 is 0 Å². The Kier molecular flexibility index (Phi) is 11.6. The Morgan fingerprint density at radius 3 is 2.72 bits per heavy atom. The molecule has 0 aliphatic carbocycles. The summed E-state index contributed by atoms with van der Waals surface area (Å²) < 4.78 is 10.1. The van der Waals surface area contributed by atoms with E-state index in [4.69, 9.17) is 15.2 Å². The van der Waals surface area contributed by atoms with E-state index in [-0.39, 0.29) is 0 Å². The molecule has 2 atom stereocenters. The van der Waals surface area contributed by atoms with Crippen LogP contribution in [0.1, 0.15) is 26.7 Å². The Hall–Kier alpha value is -0.300. The van der Waals surface area contributed by atoms with Crippen LogP contribution in [-0.4, -0.2) is 54.5 Å². The Bertz CT molecular complexity index is 216. The molecule has 0 saturated heterocycles. The van der Waals surface area contributed by atoms with Crippen molar-refractivity contribution in [3.63, 3.8) is 0 Å². The minimum atomic E-state index is -0.622. The zero-order valence-electron chi connectivity index (χ0n) is 11.3. The average molecular weight is 279 g/mol. The molecular weight excluding hydrogens is 254 g/mol. The highest BCUT2D eigenvalue weighted by atomic mass is 32.2. The number of aliphatic hydroxyl groups excluding tert-OH is 1. The molecule has 18 heavy (non-hydrogen) atoms. The molecule has 0 amide bonds. The van der Waals surface area contributed by atoms with Crippen LogP contribution < -0.4 is 5.73 Å². The Balaban J connectivity index is 3.49. The van der Waals surface area contributed by atoms with E-state index < -0.39 is 18.1 Å². The van der Waals surface area contributed by atoms with Crippen molar-refractivity contribution in [3.8, 4) is 0 Å². The largest absolute Gasteiger partial charge is 0.465 e. The normalized spacial score (nSPS) is 14.2. The van der Waals surface area contributed by atoms with Crippen LogP contribution in [0, 0.1) is 0 Å². The van der Waals surface area contributed by atoms with Gasteiger partial charge in [-0.2, -0.15) is 11.8 Å². The van der Waals surface area contributed by atoms with E-state index in [1.54, 1.807) is 6.92 Å². The van der Waals surface area contributed by atoms with Gasteiger partial charge in [0.05, 0.1) is 19.3 Å². The summed E-state index contributed by atoms with van der Waals surface area (Å²) in [6, 6.07) is -0.622. The summed E-state index contributed by atoms with van der Waals surface area (Å²) in [5.41, 5.74) is 5.62. The van der Waals surface area contributed by atoms with Crippen molar-refractivity contribution in [2.45, 2.75) is 38.8 Å². The van der Waals surface area contributed by atoms with E-state index in [1.807, 2.05) is 0 Å². The lowest BCUT2D eigenvalue weighted by atomic mass is 10.3. The maximum atomic E-state index is 11.2. The number of hydrogen-bond donors (Lipinski definition) is 2. The highest BCUT2D eigenvalue weighted by molar-refractivity contribution is 7.99. The zero-order valence-corrected chi connectivity index (χ0v) is 12.1. The van der Waals surface area contributed by atoms with Crippen molar-refractivity contribution in [2.75, 3.05) is 31.3 Å². The molecule has 0 radical (unpaired) electrons. The monoisotopic (exact) mass is 279 g/mol. The van der Waals surface area contributed by atoms with Gasteiger partial charge in [0.15, 0.2) is 0 Å². The number of carbonyl (C=O) groups excluding carboxylic acids is 1. The standard InChI is InChI=1S/C12H25NO4S/c1-3-5-6-16-7-10(14)8-18-9-11(13)12(15)17-4-2/h10-11,14H,3-9,13H2,1-2H3. The van der Waals surface area contributed by atoms with E-state index in [0.717, 1.165) is 12.8 Å². The molecule has 0 fully saturated rings. The number of hydrogen-bond acceptors (Lipinski definition) is 6. The van der Waals surface area contributed by atoms with Crippen LogP contribution in [0.25, 0.3) is 0 Å². The number of carbonyl (C=O) groups is 1. The molecule has 0 aliphatic rings. The van der Waals surface area contributed by atoms with Gasteiger partial charge >= 0.3 is 5.97 Å². The predicted octanol–water partition coefficient (Wildman–Crippen LogP) is 0.788. The summed E-state index contributed by atoms with van der Waals surface area (Å²) in [7, 11) is 0. The SMILES string of the molecule is CCCCOCC(O)CSCC(N)C(=O)OCC. The Labute approximate surface area is 113 Å². The fourth-order valence-electron chi connectivity index (χ4n) is 1.16. The maximum absolute atomic E-state index is 11.2. The molecule has 2 unspecified atom stereocenters. The van der Waals surface area contributed by atoms with Crippen LogP contribution in [0.15, 0.2) is 0 Å². The maximum Gasteiger partial charge on any atom is 0.323 e. The lowest BCUT2D eigenvalue weighted by Gasteiger charge is -2.13. The first-order valence-electron chi connectivity index (χ1n) is 6.37. The van der Waals surface area contributed by atoms with E-state index in [2.05, 4.69) is 6.92 Å². The molecule has 5 nitrogen and oxygen atoms in total. The minimum absolute atomic E-state index is 0.335. The highest BCUT2D eigenvalue weighted by Gasteiger charge is 2.15. The molecule has 0 saturated carbocycles. The summed E-state index contributed by atoms with van der Waals surface area (Å²) in [4.78, 5) is 11.2. The fourth-order valence-corrected chi connectivity index (χ4v) is 2.06. The van der Waals surface area contributed by atoms with Gasteiger partial charge < -0.3 is 20.3 Å². The quantitative estimate of drug-likeness (QED) is 0.430. The first-order valence-corrected chi connectivity index (χ1v) is 7.53. The van der Waals surface area contributed by atoms with Gasteiger partial charge in [0, 0.05) is 18.1 Å². The molecule has 0 rings (SSSR count). The van der Waals surface area contributed by atoms with Crippen molar-refractivity contribution < 1.29 is 19.4 Å². The van der Waals surface area contributed by atoms with Crippen molar-refractivity contribution in [1.29, 1.82) is 0 Å². The topological polar surface area (TPSA) is 81.8 Å². The van der Waals surface area contributed by atoms with Gasteiger partial charge in [-0.15, -0.1) is 0 Å². The van der Waals surface area contributed by atoms with Crippen LogP contribution in [0.4, 0.5) is 0 Å². The highest BCUT2D eigenvalue weighted by Crippen LogP contribution is 2.06. The van der Waals surface area contributed by atoms with Gasteiger partial charge in [-0.25, -0.2) is 0 Å². The zero-order chi connectivity index (χ0) is 13.8. The smallest absolute Gasteiger partial charge is 0.323 e. The molecular formula is C12H25NO4S. The third kappa shape index (κ3) is 9.70. The van der Waals surface area contributed by atoms with Gasteiger partial charge in [0.25, 0.3) is 0 Å². The Morgan fingerprint density at radius 1 is 1.39 bits per heavy atom. The van der Waals surface area contributed by atoms with Gasteiger partial charge in [0.2, 0.25) is 0 Å². The number of nitrogens with two attached hydrogens (primary N) is 1. The van der Waals surface area contributed by atoms with Gasteiger partial charge in [-0.3, -0.25) is 4.79 Å². The lowest BCUT2D eigenvalue weighted by molar-refractivity contribution is -0.144. The van der Waals surface area contributed by atoms with Crippen LogP contribution >= 0.6 is 11.8 Å². The van der Waals surface area contributed by atoms with E-state index in [9.17, 15) is 9.90 Å². The van der Waals surface area contributed by atoms with Crippen molar-refractivity contribution >= 4 is 17.7 Å². The second-order valence-corrected chi connectivity index (χ2v) is 5.05. The van der Waals surface area contributed by atoms with Crippen molar-refractivity contribution in [3.05, 3.63) is 0 Å². The molecule has 0 aromatic rings. The molecule has 108 valence electrons. The van der Waals surface area contributed by atoms with E-state index in [1.165, 1.54) is 11.8 Å². The number of esters is 1. The molecule has 0 aromatic heterocycles. The van der Waals surface area contributed by atoms with Crippen molar-refractivity contribution in [1.82, 2.24) is 0 Å². The van der Waals surface area contributed by atoms with Gasteiger partial charge in [-0.05, 0) is 13.3 Å². The molecule has 0 bridgehead atoms. The molecule has 6 heteroatoms. The summed E-state index contributed by atoms with van der Waals surface area (Å²) in [6.07, 6.45) is 1.58. The summed E-state index contributed by atoms with van der Waals surface area (Å²) in [5, 5.41) is 9.60. The third-order valence-corrected chi connectivity index (χ3v) is 3.36. The number of ether oxygens (including phenoxy) is 2. The molecule has 0 aliphatic heterocycles. The van der Waals surface area contributed by atoms with Gasteiger partial charge in [0.1, 0.15) is 6.04 Å². The first-order chi connectivity index (χ1) is 8.61. The second-order valence-electron chi connectivity index (χ2n) is 3.98. The Morgan fingerprint density at radius 2 is 2.11 bits per heavy atom. The van der Waals surface area contributed by atoms with Crippen LogP contribution in [-0.2, 0) is 14.3 Å². The molecule has 0 heterocycles. The van der Waals surface area contributed by atoms with Crippen LogP contribution in [0.3, 0.4) is 0 Å².